The normalized spacial score (nSPS) is 14.5. The molecule has 1 saturated carbocycles. The van der Waals surface area contributed by atoms with Crippen LogP contribution in [-0.2, 0) is 17.9 Å². The van der Waals surface area contributed by atoms with Crippen LogP contribution in [0.3, 0.4) is 0 Å². The van der Waals surface area contributed by atoms with Gasteiger partial charge in [0, 0.05) is 6.54 Å². The fourth-order valence-electron chi connectivity index (χ4n) is 1.81. The summed E-state index contributed by atoms with van der Waals surface area (Å²) in [6.45, 7) is 1.88. The standard InChI is InChI=1S/C14H20N2O2/c17-10-13-3-1-2-12(6-13)8-16-14(18)9-15-7-11-4-5-11/h1-3,6,11,15,17H,4-5,7-10H2,(H,16,18). The average Bonchev–Trinajstić information content (AvgIpc) is 3.21. The van der Waals surface area contributed by atoms with E-state index in [-0.39, 0.29) is 12.5 Å². The maximum Gasteiger partial charge on any atom is 0.234 e. The highest BCUT2D eigenvalue weighted by molar-refractivity contribution is 5.77. The van der Waals surface area contributed by atoms with Crippen LogP contribution >= 0.6 is 0 Å². The van der Waals surface area contributed by atoms with Gasteiger partial charge in [0.05, 0.1) is 13.2 Å². The Morgan fingerprint density at radius 2 is 2.11 bits per heavy atom. The second-order valence-electron chi connectivity index (χ2n) is 4.83. The van der Waals surface area contributed by atoms with Gasteiger partial charge in [0.15, 0.2) is 0 Å². The van der Waals surface area contributed by atoms with Gasteiger partial charge in [-0.1, -0.05) is 24.3 Å². The summed E-state index contributed by atoms with van der Waals surface area (Å²) < 4.78 is 0. The van der Waals surface area contributed by atoms with Crippen molar-refractivity contribution < 1.29 is 9.90 Å². The third kappa shape index (κ3) is 4.47. The van der Waals surface area contributed by atoms with Crippen molar-refractivity contribution in [3.8, 4) is 0 Å². The van der Waals surface area contributed by atoms with Gasteiger partial charge in [-0.25, -0.2) is 0 Å². The Balaban J connectivity index is 1.67. The van der Waals surface area contributed by atoms with E-state index in [0.717, 1.165) is 23.6 Å². The molecule has 0 radical (unpaired) electrons. The van der Waals surface area contributed by atoms with E-state index >= 15 is 0 Å². The molecule has 1 aromatic carbocycles. The Morgan fingerprint density at radius 1 is 1.33 bits per heavy atom. The minimum atomic E-state index is 0.0186. The number of amides is 1. The molecule has 0 aromatic heterocycles. The van der Waals surface area contributed by atoms with Crippen molar-refractivity contribution >= 4 is 5.91 Å². The molecule has 3 N–H and O–H groups in total. The molecule has 0 unspecified atom stereocenters. The van der Waals surface area contributed by atoms with Gasteiger partial charge in [-0.15, -0.1) is 0 Å². The third-order valence-corrected chi connectivity index (χ3v) is 3.08. The van der Waals surface area contributed by atoms with E-state index < -0.39 is 0 Å². The van der Waals surface area contributed by atoms with Crippen molar-refractivity contribution in [1.29, 1.82) is 0 Å². The molecule has 4 heteroatoms. The molecule has 1 aliphatic carbocycles. The van der Waals surface area contributed by atoms with E-state index in [1.54, 1.807) is 0 Å². The monoisotopic (exact) mass is 248 g/mol. The van der Waals surface area contributed by atoms with Crippen LogP contribution in [0.25, 0.3) is 0 Å². The van der Waals surface area contributed by atoms with Crippen molar-refractivity contribution in [2.24, 2.45) is 5.92 Å². The van der Waals surface area contributed by atoms with Crippen LogP contribution in [0.4, 0.5) is 0 Å². The van der Waals surface area contributed by atoms with E-state index in [9.17, 15) is 4.79 Å². The third-order valence-electron chi connectivity index (χ3n) is 3.08. The zero-order chi connectivity index (χ0) is 12.8. The maximum absolute atomic E-state index is 11.5. The Morgan fingerprint density at radius 3 is 2.83 bits per heavy atom. The van der Waals surface area contributed by atoms with Crippen molar-refractivity contribution in [1.82, 2.24) is 10.6 Å². The number of aliphatic hydroxyl groups excluding tert-OH is 1. The number of carbonyl (C=O) groups excluding carboxylic acids is 1. The number of carbonyl (C=O) groups is 1. The summed E-state index contributed by atoms with van der Waals surface area (Å²) in [4.78, 5) is 11.5. The van der Waals surface area contributed by atoms with Crippen LogP contribution < -0.4 is 10.6 Å². The largest absolute Gasteiger partial charge is 0.392 e. The number of benzene rings is 1. The van der Waals surface area contributed by atoms with Gasteiger partial charge in [0.1, 0.15) is 0 Å². The van der Waals surface area contributed by atoms with Gasteiger partial charge in [0.2, 0.25) is 5.91 Å². The summed E-state index contributed by atoms with van der Waals surface area (Å²) in [6, 6.07) is 7.59. The molecule has 0 spiro atoms. The minimum absolute atomic E-state index is 0.0186. The van der Waals surface area contributed by atoms with Crippen molar-refractivity contribution in [3.05, 3.63) is 35.4 Å². The number of aliphatic hydroxyl groups is 1. The molecule has 0 aliphatic heterocycles. The van der Waals surface area contributed by atoms with Gasteiger partial charge >= 0.3 is 0 Å². The van der Waals surface area contributed by atoms with Crippen molar-refractivity contribution in [2.75, 3.05) is 13.1 Å². The van der Waals surface area contributed by atoms with E-state index in [2.05, 4.69) is 10.6 Å². The summed E-state index contributed by atoms with van der Waals surface area (Å²) in [5, 5.41) is 15.0. The Bertz CT molecular complexity index is 403. The number of nitrogens with one attached hydrogen (secondary N) is 2. The maximum atomic E-state index is 11.5. The molecule has 4 nitrogen and oxygen atoms in total. The van der Waals surface area contributed by atoms with Gasteiger partial charge < -0.3 is 15.7 Å². The molecule has 98 valence electrons. The Kier molecular flexibility index (Phi) is 4.73. The highest BCUT2D eigenvalue weighted by atomic mass is 16.3. The summed E-state index contributed by atoms with van der Waals surface area (Å²) in [7, 11) is 0. The Labute approximate surface area is 107 Å². The zero-order valence-electron chi connectivity index (χ0n) is 10.5. The quantitative estimate of drug-likeness (QED) is 0.668. The van der Waals surface area contributed by atoms with E-state index in [0.29, 0.717) is 13.1 Å². The molecule has 0 bridgehead atoms. The molecular formula is C14H20N2O2. The van der Waals surface area contributed by atoms with Crippen LogP contribution in [0.5, 0.6) is 0 Å². The second kappa shape index (κ2) is 6.52. The molecule has 2 rings (SSSR count). The lowest BCUT2D eigenvalue weighted by molar-refractivity contribution is -0.120. The molecular weight excluding hydrogens is 228 g/mol. The molecule has 1 aromatic rings. The van der Waals surface area contributed by atoms with E-state index in [1.807, 2.05) is 24.3 Å². The van der Waals surface area contributed by atoms with Crippen molar-refractivity contribution in [2.45, 2.75) is 26.0 Å². The fourth-order valence-corrected chi connectivity index (χ4v) is 1.81. The second-order valence-corrected chi connectivity index (χ2v) is 4.83. The van der Waals surface area contributed by atoms with Gasteiger partial charge in [0.25, 0.3) is 0 Å². The summed E-state index contributed by atoms with van der Waals surface area (Å²) in [6.07, 6.45) is 2.59. The van der Waals surface area contributed by atoms with E-state index in [4.69, 9.17) is 5.11 Å². The number of hydrogen-bond acceptors (Lipinski definition) is 3. The molecule has 1 amide bonds. The molecule has 1 aliphatic rings. The first-order valence-corrected chi connectivity index (χ1v) is 6.44. The first kappa shape index (κ1) is 13.1. The predicted octanol–water partition coefficient (Wildman–Crippen LogP) is 0.795. The van der Waals surface area contributed by atoms with E-state index in [1.165, 1.54) is 12.8 Å². The lowest BCUT2D eigenvalue weighted by atomic mass is 10.1. The highest BCUT2D eigenvalue weighted by Crippen LogP contribution is 2.27. The van der Waals surface area contributed by atoms with Crippen LogP contribution in [0.1, 0.15) is 24.0 Å². The molecule has 0 saturated heterocycles. The zero-order valence-corrected chi connectivity index (χ0v) is 10.5. The topological polar surface area (TPSA) is 61.4 Å². The fraction of sp³-hybridized carbons (Fsp3) is 0.500. The first-order valence-electron chi connectivity index (χ1n) is 6.44. The van der Waals surface area contributed by atoms with Crippen LogP contribution in [-0.4, -0.2) is 24.1 Å². The van der Waals surface area contributed by atoms with Crippen LogP contribution in [0, 0.1) is 5.92 Å². The lowest BCUT2D eigenvalue weighted by Crippen LogP contribution is -2.34. The van der Waals surface area contributed by atoms with Crippen LogP contribution in [0.2, 0.25) is 0 Å². The van der Waals surface area contributed by atoms with Crippen LogP contribution in [0.15, 0.2) is 24.3 Å². The SMILES string of the molecule is O=C(CNCC1CC1)NCc1cccc(CO)c1. The summed E-state index contributed by atoms with van der Waals surface area (Å²) in [5.74, 6) is 0.809. The smallest absolute Gasteiger partial charge is 0.234 e. The number of rotatable bonds is 7. The summed E-state index contributed by atoms with van der Waals surface area (Å²) in [5.41, 5.74) is 1.88. The predicted molar refractivity (Wildman–Crippen MR) is 69.8 cm³/mol. The highest BCUT2D eigenvalue weighted by Gasteiger charge is 2.20. The molecule has 18 heavy (non-hydrogen) atoms. The Hall–Kier alpha value is -1.39. The molecule has 0 heterocycles. The van der Waals surface area contributed by atoms with Crippen molar-refractivity contribution in [3.63, 3.8) is 0 Å². The van der Waals surface area contributed by atoms with Gasteiger partial charge in [-0.3, -0.25) is 4.79 Å². The summed E-state index contributed by atoms with van der Waals surface area (Å²) >= 11 is 0. The first-order chi connectivity index (χ1) is 8.78. The van der Waals surface area contributed by atoms with Gasteiger partial charge in [-0.05, 0) is 36.4 Å². The molecule has 0 atom stereocenters. The lowest BCUT2D eigenvalue weighted by Gasteiger charge is -2.07. The minimum Gasteiger partial charge on any atom is -0.392 e. The number of hydrogen-bond donors (Lipinski definition) is 3. The average molecular weight is 248 g/mol. The van der Waals surface area contributed by atoms with Gasteiger partial charge in [-0.2, -0.15) is 0 Å². The molecule has 1 fully saturated rings.